The Bertz CT molecular complexity index is 329. The Morgan fingerprint density at radius 3 is 2.59 bits per heavy atom. The van der Waals surface area contributed by atoms with Crippen molar-refractivity contribution in [1.82, 2.24) is 5.32 Å². The highest BCUT2D eigenvalue weighted by Crippen LogP contribution is 2.36. The summed E-state index contributed by atoms with van der Waals surface area (Å²) in [6.07, 6.45) is 9.93. The van der Waals surface area contributed by atoms with Crippen molar-refractivity contribution in [3.63, 3.8) is 0 Å². The maximum Gasteiger partial charge on any atom is 0.0426 e. The Balaban J connectivity index is 1.97. The quantitative estimate of drug-likeness (QED) is 0.759. The molecular weight excluding hydrogens is 294 g/mol. The fourth-order valence-corrected chi connectivity index (χ4v) is 4.62. The average Bonchev–Trinajstić information content (AvgIpc) is 2.62. The molecule has 0 bridgehead atoms. The van der Waals surface area contributed by atoms with Crippen LogP contribution in [0.3, 0.4) is 0 Å². The monoisotopic (exact) mass is 315 g/mol. The van der Waals surface area contributed by atoms with Crippen LogP contribution in [0, 0.1) is 5.92 Å². The fourth-order valence-electron chi connectivity index (χ4n) is 2.84. The summed E-state index contributed by atoms with van der Waals surface area (Å²) >= 11 is 5.53. The van der Waals surface area contributed by atoms with Crippen LogP contribution >= 0.6 is 27.3 Å². The maximum absolute atomic E-state index is 3.66. The molecule has 0 radical (unpaired) electrons. The van der Waals surface area contributed by atoms with E-state index in [-0.39, 0.29) is 0 Å². The highest BCUT2D eigenvalue weighted by atomic mass is 79.9. The molecule has 96 valence electrons. The summed E-state index contributed by atoms with van der Waals surface area (Å²) < 4.78 is 1.27. The van der Waals surface area contributed by atoms with Crippen LogP contribution in [0.2, 0.25) is 0 Å². The van der Waals surface area contributed by atoms with E-state index in [0.717, 1.165) is 5.92 Å². The molecule has 0 spiro atoms. The molecule has 1 saturated carbocycles. The zero-order valence-corrected chi connectivity index (χ0v) is 12.9. The molecule has 1 aromatic rings. The third-order valence-electron chi connectivity index (χ3n) is 3.85. The fraction of sp³-hybridized carbons (Fsp3) is 0.714. The summed E-state index contributed by atoms with van der Waals surface area (Å²) in [5, 5.41) is 5.67. The van der Waals surface area contributed by atoms with E-state index in [0.29, 0.717) is 6.04 Å². The van der Waals surface area contributed by atoms with Crippen LogP contribution in [0.25, 0.3) is 0 Å². The Labute approximate surface area is 117 Å². The first-order valence-electron chi connectivity index (χ1n) is 6.71. The van der Waals surface area contributed by atoms with E-state index in [4.69, 9.17) is 0 Å². The van der Waals surface area contributed by atoms with Gasteiger partial charge in [0.05, 0.1) is 0 Å². The second-order valence-electron chi connectivity index (χ2n) is 5.07. The highest BCUT2D eigenvalue weighted by molar-refractivity contribution is 9.10. The van der Waals surface area contributed by atoms with Crippen molar-refractivity contribution < 1.29 is 0 Å². The van der Waals surface area contributed by atoms with Crippen molar-refractivity contribution in [2.45, 2.75) is 51.0 Å². The molecular formula is C14H22BrNS. The van der Waals surface area contributed by atoms with Gasteiger partial charge in [0.25, 0.3) is 0 Å². The lowest BCUT2D eigenvalue weighted by molar-refractivity contribution is 0.370. The van der Waals surface area contributed by atoms with Gasteiger partial charge in [-0.1, -0.05) is 38.5 Å². The normalized spacial score (nSPS) is 20.1. The first-order valence-corrected chi connectivity index (χ1v) is 8.38. The Kier molecular flexibility index (Phi) is 5.51. The van der Waals surface area contributed by atoms with Crippen LogP contribution in [0.15, 0.2) is 15.9 Å². The van der Waals surface area contributed by atoms with E-state index in [1.165, 1.54) is 54.3 Å². The first kappa shape index (κ1) is 13.6. The van der Waals surface area contributed by atoms with Gasteiger partial charge in [0.1, 0.15) is 0 Å². The molecule has 1 aliphatic rings. The Morgan fingerprint density at radius 1 is 1.35 bits per heavy atom. The van der Waals surface area contributed by atoms with Crippen LogP contribution in [0.4, 0.5) is 0 Å². The topological polar surface area (TPSA) is 12.0 Å². The molecule has 1 nitrogen and oxygen atoms in total. The van der Waals surface area contributed by atoms with E-state index in [9.17, 15) is 0 Å². The summed E-state index contributed by atoms with van der Waals surface area (Å²) in [7, 11) is 2.09. The van der Waals surface area contributed by atoms with Crippen LogP contribution in [-0.2, 0) is 0 Å². The van der Waals surface area contributed by atoms with E-state index >= 15 is 0 Å². The second-order valence-corrected chi connectivity index (χ2v) is 6.87. The predicted octanol–water partition coefficient (Wildman–Crippen LogP) is 5.13. The molecule has 0 saturated heterocycles. The summed E-state index contributed by atoms with van der Waals surface area (Å²) in [5.74, 6) is 0.920. The number of rotatable bonds is 4. The summed E-state index contributed by atoms with van der Waals surface area (Å²) in [6, 6.07) is 2.70. The highest BCUT2D eigenvalue weighted by Gasteiger charge is 2.20. The third kappa shape index (κ3) is 3.80. The maximum atomic E-state index is 3.66. The number of thiophene rings is 1. The molecule has 17 heavy (non-hydrogen) atoms. The zero-order valence-electron chi connectivity index (χ0n) is 10.5. The molecule has 1 aromatic heterocycles. The van der Waals surface area contributed by atoms with Crippen molar-refractivity contribution in [2.24, 2.45) is 5.92 Å². The van der Waals surface area contributed by atoms with Crippen LogP contribution in [0.1, 0.15) is 55.9 Å². The summed E-state index contributed by atoms with van der Waals surface area (Å²) in [5.41, 5.74) is 0. The van der Waals surface area contributed by atoms with Crippen LogP contribution < -0.4 is 5.32 Å². The van der Waals surface area contributed by atoms with Crippen LogP contribution in [0.5, 0.6) is 0 Å². The van der Waals surface area contributed by atoms with E-state index in [1.807, 2.05) is 11.3 Å². The third-order valence-corrected chi connectivity index (χ3v) is 5.84. The van der Waals surface area contributed by atoms with Crippen molar-refractivity contribution in [3.8, 4) is 0 Å². The van der Waals surface area contributed by atoms with Gasteiger partial charge in [-0.05, 0) is 46.8 Å². The molecule has 1 N–H and O–H groups in total. The minimum atomic E-state index is 0.535. The molecule has 1 atom stereocenters. The number of nitrogens with one attached hydrogen (secondary N) is 1. The minimum Gasteiger partial charge on any atom is -0.312 e. The molecule has 0 amide bonds. The van der Waals surface area contributed by atoms with E-state index in [1.54, 1.807) is 0 Å². The zero-order chi connectivity index (χ0) is 12.1. The molecule has 2 rings (SSSR count). The largest absolute Gasteiger partial charge is 0.312 e. The van der Waals surface area contributed by atoms with Gasteiger partial charge in [-0.3, -0.25) is 0 Å². The second kappa shape index (κ2) is 6.91. The van der Waals surface area contributed by atoms with Gasteiger partial charge in [0.2, 0.25) is 0 Å². The molecule has 1 aliphatic carbocycles. The first-order chi connectivity index (χ1) is 8.31. The molecule has 0 aromatic carbocycles. The van der Waals surface area contributed by atoms with Gasteiger partial charge in [-0.2, -0.15) is 0 Å². The van der Waals surface area contributed by atoms with Gasteiger partial charge in [0, 0.05) is 15.4 Å². The van der Waals surface area contributed by atoms with Gasteiger partial charge in [-0.25, -0.2) is 0 Å². The Morgan fingerprint density at radius 2 is 2.06 bits per heavy atom. The van der Waals surface area contributed by atoms with Crippen LogP contribution in [-0.4, -0.2) is 7.05 Å². The van der Waals surface area contributed by atoms with E-state index < -0.39 is 0 Å². The van der Waals surface area contributed by atoms with Gasteiger partial charge >= 0.3 is 0 Å². The molecule has 3 heteroatoms. The average molecular weight is 316 g/mol. The molecule has 1 heterocycles. The lowest BCUT2D eigenvalue weighted by atomic mass is 9.92. The van der Waals surface area contributed by atoms with Gasteiger partial charge in [-0.15, -0.1) is 11.3 Å². The predicted molar refractivity (Wildman–Crippen MR) is 79.6 cm³/mol. The van der Waals surface area contributed by atoms with Crippen molar-refractivity contribution in [2.75, 3.05) is 7.05 Å². The summed E-state index contributed by atoms with van der Waals surface area (Å²) in [6.45, 7) is 0. The lowest BCUT2D eigenvalue weighted by Crippen LogP contribution is -2.19. The SMILES string of the molecule is CNC(CC1CCCCCC1)c1sccc1Br. The Hall–Kier alpha value is 0.140. The van der Waals surface area contributed by atoms with Crippen molar-refractivity contribution in [3.05, 3.63) is 20.8 Å². The minimum absolute atomic E-state index is 0.535. The standard InChI is InChI=1S/C14H22BrNS/c1-16-13(14-12(15)8-9-17-14)10-11-6-4-2-3-5-7-11/h8-9,11,13,16H,2-7,10H2,1H3. The van der Waals surface area contributed by atoms with Crippen molar-refractivity contribution in [1.29, 1.82) is 0 Å². The number of hydrogen-bond acceptors (Lipinski definition) is 2. The van der Waals surface area contributed by atoms with Gasteiger partial charge in [0.15, 0.2) is 0 Å². The van der Waals surface area contributed by atoms with Gasteiger partial charge < -0.3 is 5.32 Å². The number of halogens is 1. The summed E-state index contributed by atoms with van der Waals surface area (Å²) in [4.78, 5) is 1.47. The molecule has 1 fully saturated rings. The van der Waals surface area contributed by atoms with Crippen molar-refractivity contribution >= 4 is 27.3 Å². The smallest absolute Gasteiger partial charge is 0.0426 e. The molecule has 1 unspecified atom stereocenters. The number of hydrogen-bond donors (Lipinski definition) is 1. The lowest BCUT2D eigenvalue weighted by Gasteiger charge is -2.21. The van der Waals surface area contributed by atoms with E-state index in [2.05, 4.69) is 39.7 Å². The molecule has 0 aliphatic heterocycles.